The average molecular weight is 377 g/mol. The minimum absolute atomic E-state index is 0.189. The van der Waals surface area contributed by atoms with Crippen LogP contribution >= 0.6 is 0 Å². The van der Waals surface area contributed by atoms with Crippen LogP contribution in [0.3, 0.4) is 0 Å². The Labute approximate surface area is 166 Å². The molecule has 2 aliphatic heterocycles. The van der Waals surface area contributed by atoms with Gasteiger partial charge in [0.05, 0.1) is 5.69 Å². The molecule has 0 saturated heterocycles. The van der Waals surface area contributed by atoms with Crippen LogP contribution in [0.5, 0.6) is 0 Å². The number of hydrogen-bond acceptors (Lipinski definition) is 5. The van der Waals surface area contributed by atoms with E-state index in [1.807, 2.05) is 78.9 Å². The van der Waals surface area contributed by atoms with Gasteiger partial charge in [-0.2, -0.15) is 5.10 Å². The van der Waals surface area contributed by atoms with Crippen molar-refractivity contribution in [2.45, 2.75) is 0 Å². The van der Waals surface area contributed by atoms with Gasteiger partial charge in [0.25, 0.3) is 0 Å². The first-order valence-electron chi connectivity index (χ1n) is 9.15. The Bertz CT molecular complexity index is 1250. The topological polar surface area (TPSA) is 73.6 Å². The third kappa shape index (κ3) is 3.06. The lowest BCUT2D eigenvalue weighted by atomic mass is 10.1. The zero-order valence-corrected chi connectivity index (χ0v) is 15.3. The lowest BCUT2D eigenvalue weighted by Crippen LogP contribution is -2.18. The second kappa shape index (κ2) is 7.09. The Morgan fingerprint density at radius 3 is 2.00 bits per heavy atom. The molecule has 0 amide bonds. The van der Waals surface area contributed by atoms with E-state index in [4.69, 9.17) is 5.10 Å². The lowest BCUT2D eigenvalue weighted by molar-refractivity contribution is 0.102. The van der Waals surface area contributed by atoms with Crippen molar-refractivity contribution in [3.8, 4) is 28.5 Å². The van der Waals surface area contributed by atoms with Crippen LogP contribution in [0.1, 0.15) is 16.2 Å². The van der Waals surface area contributed by atoms with E-state index in [1.54, 1.807) is 16.8 Å². The number of rotatable bonds is 4. The summed E-state index contributed by atoms with van der Waals surface area (Å²) in [4.78, 5) is 17.7. The number of ketones is 1. The van der Waals surface area contributed by atoms with E-state index >= 15 is 0 Å². The summed E-state index contributed by atoms with van der Waals surface area (Å²) in [6.45, 7) is 0. The minimum atomic E-state index is -0.229. The molecular weight excluding hydrogens is 362 g/mol. The molecule has 6 heteroatoms. The number of carbonyl (C=O) groups excluding carboxylic acids is 1. The first-order valence-corrected chi connectivity index (χ1v) is 9.15. The number of aromatic nitrogens is 5. The molecule has 0 spiro atoms. The van der Waals surface area contributed by atoms with Crippen molar-refractivity contribution in [3.05, 3.63) is 102 Å². The summed E-state index contributed by atoms with van der Waals surface area (Å²) in [6.07, 6.45) is 0. The molecule has 3 aromatic carbocycles. The molecule has 0 saturated carbocycles. The summed E-state index contributed by atoms with van der Waals surface area (Å²) in [5, 5.41) is 13.2. The molecule has 6 nitrogen and oxygen atoms in total. The summed E-state index contributed by atoms with van der Waals surface area (Å²) in [6, 6.07) is 28.2. The largest absolute Gasteiger partial charge is 0.285 e. The van der Waals surface area contributed by atoms with Crippen LogP contribution < -0.4 is 0 Å². The fourth-order valence-electron chi connectivity index (χ4n) is 3.17. The van der Waals surface area contributed by atoms with Crippen molar-refractivity contribution in [1.29, 1.82) is 0 Å². The van der Waals surface area contributed by atoms with Crippen LogP contribution in [0, 0.1) is 0 Å². The van der Waals surface area contributed by atoms with Gasteiger partial charge in [-0.05, 0) is 12.1 Å². The molecule has 0 aromatic heterocycles. The van der Waals surface area contributed by atoms with Gasteiger partial charge >= 0.3 is 0 Å². The van der Waals surface area contributed by atoms with Crippen LogP contribution in [0.25, 0.3) is 28.5 Å². The van der Waals surface area contributed by atoms with Crippen molar-refractivity contribution < 1.29 is 4.79 Å². The first kappa shape index (κ1) is 16.9. The summed E-state index contributed by atoms with van der Waals surface area (Å²) in [5.41, 5.74) is 3.35. The molecule has 138 valence electrons. The third-order valence-electron chi connectivity index (χ3n) is 4.58. The Morgan fingerprint density at radius 1 is 0.690 bits per heavy atom. The molecule has 0 N–H and O–H groups in total. The summed E-state index contributed by atoms with van der Waals surface area (Å²) in [5.74, 6) is 0.304. The predicted molar refractivity (Wildman–Crippen MR) is 109 cm³/mol. The monoisotopic (exact) mass is 377 g/mol. The van der Waals surface area contributed by atoms with Gasteiger partial charge in [0.2, 0.25) is 17.4 Å². The molecular formula is C23H15N5O. The maximum atomic E-state index is 13.2. The van der Waals surface area contributed by atoms with Crippen LogP contribution in [-0.2, 0) is 0 Å². The van der Waals surface area contributed by atoms with Gasteiger partial charge in [-0.1, -0.05) is 78.9 Å². The number of carbonyl (C=O) groups is 1. The number of benzene rings is 3. The number of nitrogens with zero attached hydrogens (tertiary/aromatic N) is 5. The fourth-order valence-corrected chi connectivity index (χ4v) is 3.17. The molecule has 0 aliphatic carbocycles. The zero-order chi connectivity index (χ0) is 19.6. The molecule has 3 aromatic rings. The van der Waals surface area contributed by atoms with Crippen LogP contribution in [-0.4, -0.2) is 30.7 Å². The van der Waals surface area contributed by atoms with Gasteiger partial charge in [-0.25, -0.2) is 9.67 Å². The van der Waals surface area contributed by atoms with E-state index in [0.29, 0.717) is 22.8 Å². The second-order valence-electron chi connectivity index (χ2n) is 6.46. The molecule has 0 bridgehead atoms. The van der Waals surface area contributed by atoms with Crippen molar-refractivity contribution in [3.63, 3.8) is 0 Å². The molecule has 0 fully saturated rings. The van der Waals surface area contributed by atoms with E-state index in [0.717, 1.165) is 11.3 Å². The standard InChI is InChI=1S/C23H15N5O/c29-21(17-12-6-2-7-13-17)23-24-22-20(27-28(23)18-14-8-3-9-15-18)19(25-26-22)16-10-4-1-5-11-16/h1-15H. The van der Waals surface area contributed by atoms with Crippen molar-refractivity contribution in [2.75, 3.05) is 0 Å². The molecule has 5 rings (SSSR count). The average Bonchev–Trinajstić information content (AvgIpc) is 3.22. The number of fused-ring (bicyclic) bond motifs is 1. The van der Waals surface area contributed by atoms with Gasteiger partial charge in [-0.15, -0.1) is 10.2 Å². The molecule has 2 heterocycles. The van der Waals surface area contributed by atoms with E-state index in [9.17, 15) is 4.79 Å². The molecule has 0 atom stereocenters. The summed E-state index contributed by atoms with van der Waals surface area (Å²) >= 11 is 0. The van der Waals surface area contributed by atoms with E-state index in [1.165, 1.54) is 0 Å². The maximum Gasteiger partial charge on any atom is 0.230 e. The quantitative estimate of drug-likeness (QED) is 0.442. The van der Waals surface area contributed by atoms with Gasteiger partial charge < -0.3 is 0 Å². The number of hydrogen-bond donors (Lipinski definition) is 0. The minimum Gasteiger partial charge on any atom is -0.285 e. The molecule has 0 unspecified atom stereocenters. The van der Waals surface area contributed by atoms with E-state index in [2.05, 4.69) is 15.2 Å². The number of para-hydroxylation sites is 1. The Hall–Kier alpha value is -4.19. The SMILES string of the molecule is O=C(c1ccccc1)c1nc2nnc(-c3ccccc3)c-2nn1-c1ccccc1. The second-order valence-corrected chi connectivity index (χ2v) is 6.46. The first-order chi connectivity index (χ1) is 14.3. The third-order valence-corrected chi connectivity index (χ3v) is 4.58. The van der Waals surface area contributed by atoms with Gasteiger partial charge in [0, 0.05) is 11.1 Å². The van der Waals surface area contributed by atoms with Crippen LogP contribution in [0.15, 0.2) is 91.0 Å². The Kier molecular flexibility index (Phi) is 4.14. The Balaban J connectivity index is 1.75. The summed E-state index contributed by atoms with van der Waals surface area (Å²) < 4.78 is 1.56. The molecule has 2 aliphatic rings. The van der Waals surface area contributed by atoms with Crippen LogP contribution in [0.4, 0.5) is 0 Å². The summed E-state index contributed by atoms with van der Waals surface area (Å²) in [7, 11) is 0. The van der Waals surface area contributed by atoms with Crippen molar-refractivity contribution in [2.24, 2.45) is 0 Å². The van der Waals surface area contributed by atoms with Gasteiger partial charge in [-0.3, -0.25) is 4.79 Å². The smallest absolute Gasteiger partial charge is 0.230 e. The van der Waals surface area contributed by atoms with Crippen molar-refractivity contribution >= 4 is 5.78 Å². The molecule has 29 heavy (non-hydrogen) atoms. The predicted octanol–water partition coefficient (Wildman–Crippen LogP) is 4.06. The maximum absolute atomic E-state index is 13.2. The normalized spacial score (nSPS) is 10.9. The van der Waals surface area contributed by atoms with E-state index in [-0.39, 0.29) is 11.6 Å². The lowest BCUT2D eigenvalue weighted by Gasteiger charge is -2.13. The van der Waals surface area contributed by atoms with Gasteiger partial charge in [0.1, 0.15) is 5.69 Å². The Morgan fingerprint density at radius 2 is 1.31 bits per heavy atom. The van der Waals surface area contributed by atoms with Gasteiger partial charge in [0.15, 0.2) is 5.69 Å². The highest BCUT2D eigenvalue weighted by Gasteiger charge is 2.25. The van der Waals surface area contributed by atoms with Crippen molar-refractivity contribution in [1.82, 2.24) is 25.0 Å². The highest BCUT2D eigenvalue weighted by molar-refractivity contribution is 6.07. The molecule has 0 radical (unpaired) electrons. The fraction of sp³-hybridized carbons (Fsp3) is 0. The highest BCUT2D eigenvalue weighted by Crippen LogP contribution is 2.29. The zero-order valence-electron chi connectivity index (χ0n) is 15.3. The van der Waals surface area contributed by atoms with Crippen LogP contribution in [0.2, 0.25) is 0 Å². The van der Waals surface area contributed by atoms with E-state index < -0.39 is 0 Å². The highest BCUT2D eigenvalue weighted by atomic mass is 16.1.